The molecule has 1 aromatic carbocycles. The van der Waals surface area contributed by atoms with Gasteiger partial charge in [-0.05, 0) is 49.2 Å². The topological polar surface area (TPSA) is 64.3 Å². The van der Waals surface area contributed by atoms with Crippen LogP contribution in [0.15, 0.2) is 42.1 Å². The van der Waals surface area contributed by atoms with E-state index in [1.54, 1.807) is 34.9 Å². The third kappa shape index (κ3) is 3.83. The van der Waals surface area contributed by atoms with Crippen molar-refractivity contribution in [3.8, 4) is 5.75 Å². The fourth-order valence-electron chi connectivity index (χ4n) is 1.96. The van der Waals surface area contributed by atoms with Gasteiger partial charge in [0, 0.05) is 34.4 Å². The Morgan fingerprint density at radius 2 is 2.30 bits per heavy atom. The first-order valence-electron chi connectivity index (χ1n) is 6.40. The number of carbonyl (C=O) groups is 1. The number of rotatable bonds is 5. The first-order valence-corrected chi connectivity index (χ1v) is 7.48. The summed E-state index contributed by atoms with van der Waals surface area (Å²) in [7, 11) is 0. The first kappa shape index (κ1) is 15.1. The van der Waals surface area contributed by atoms with Crippen LogP contribution in [0.5, 0.6) is 5.75 Å². The van der Waals surface area contributed by atoms with Crippen LogP contribution in [-0.2, 0) is 11.2 Å². The molecule has 1 atom stereocenters. The summed E-state index contributed by atoms with van der Waals surface area (Å²) >= 11 is 1.76. The fourth-order valence-corrected chi connectivity index (χ4v) is 2.30. The number of allylic oxidation sites excluding steroid dienone is 2. The number of ether oxygens (including phenoxy) is 1. The first-order chi connectivity index (χ1) is 9.60. The van der Waals surface area contributed by atoms with E-state index in [1.807, 2.05) is 25.1 Å². The maximum Gasteiger partial charge on any atom is 0.223 e. The average molecular weight is 384 g/mol. The predicted octanol–water partition coefficient (Wildman–Crippen LogP) is 2.21. The van der Waals surface area contributed by atoms with Crippen LogP contribution in [0.3, 0.4) is 0 Å². The minimum Gasteiger partial charge on any atom is -0.467 e. The fraction of sp³-hybridized carbons (Fsp3) is 0.267. The Morgan fingerprint density at radius 1 is 1.50 bits per heavy atom. The van der Waals surface area contributed by atoms with E-state index in [9.17, 15) is 4.79 Å². The van der Waals surface area contributed by atoms with E-state index < -0.39 is 0 Å². The van der Waals surface area contributed by atoms with Crippen LogP contribution >= 0.6 is 22.6 Å². The van der Waals surface area contributed by atoms with Crippen molar-refractivity contribution in [3.05, 3.63) is 53.3 Å². The van der Waals surface area contributed by atoms with Crippen molar-refractivity contribution < 1.29 is 9.53 Å². The summed E-state index contributed by atoms with van der Waals surface area (Å²) in [4.78, 5) is 11.2. The van der Waals surface area contributed by atoms with Crippen molar-refractivity contribution in [2.75, 3.05) is 6.54 Å². The normalized spacial score (nSPS) is 17.4. The van der Waals surface area contributed by atoms with Crippen molar-refractivity contribution in [1.29, 1.82) is 0 Å². The highest BCUT2D eigenvalue weighted by Gasteiger charge is 2.13. The molecule has 1 aliphatic heterocycles. The van der Waals surface area contributed by atoms with E-state index in [1.165, 1.54) is 5.56 Å². The molecule has 4 nitrogen and oxygen atoms in total. The van der Waals surface area contributed by atoms with Gasteiger partial charge in [0.1, 0.15) is 5.75 Å². The van der Waals surface area contributed by atoms with Gasteiger partial charge in [-0.2, -0.15) is 0 Å². The van der Waals surface area contributed by atoms with E-state index >= 15 is 0 Å². The second-order valence-electron chi connectivity index (χ2n) is 4.58. The van der Waals surface area contributed by atoms with E-state index in [-0.39, 0.29) is 10.0 Å². The zero-order valence-corrected chi connectivity index (χ0v) is 13.4. The van der Waals surface area contributed by atoms with Gasteiger partial charge in [0.05, 0.1) is 0 Å². The number of halogens is 1. The number of hydrogen-bond donors (Lipinski definition) is 2. The standard InChI is InChI=1S/C15H17IN2O2/c1-10-8-11(6-7-17)2-4-13(10)20-14-5-3-12(9-18-14)15(16)19/h2-5,8-9,14,18H,6-7,17H2,1H3. The average Bonchev–Trinajstić information content (AvgIpc) is 2.43. The highest BCUT2D eigenvalue weighted by atomic mass is 127. The van der Waals surface area contributed by atoms with Gasteiger partial charge in [0.2, 0.25) is 3.79 Å². The van der Waals surface area contributed by atoms with Crippen molar-refractivity contribution in [2.45, 2.75) is 19.6 Å². The summed E-state index contributed by atoms with van der Waals surface area (Å²) in [6.45, 7) is 2.65. The molecule has 0 saturated carbocycles. The van der Waals surface area contributed by atoms with Gasteiger partial charge < -0.3 is 15.8 Å². The Balaban J connectivity index is 2.02. The molecule has 106 valence electrons. The van der Waals surface area contributed by atoms with Crippen molar-refractivity contribution in [3.63, 3.8) is 0 Å². The van der Waals surface area contributed by atoms with E-state index in [2.05, 4.69) is 11.4 Å². The minimum absolute atomic E-state index is 0.00659. The maximum absolute atomic E-state index is 11.2. The predicted molar refractivity (Wildman–Crippen MR) is 87.7 cm³/mol. The highest BCUT2D eigenvalue weighted by molar-refractivity contribution is 14.1. The number of carbonyl (C=O) groups excluding carboxylic acids is 1. The SMILES string of the molecule is Cc1cc(CCN)ccc1OC1C=CC(C(=O)I)=CN1. The lowest BCUT2D eigenvalue weighted by Crippen LogP contribution is -2.31. The third-order valence-electron chi connectivity index (χ3n) is 3.01. The number of nitrogens with one attached hydrogen (secondary N) is 1. The summed E-state index contributed by atoms with van der Waals surface area (Å²) < 4.78 is 5.87. The van der Waals surface area contributed by atoms with Crippen LogP contribution < -0.4 is 15.8 Å². The molecule has 2 rings (SSSR count). The maximum atomic E-state index is 11.2. The van der Waals surface area contributed by atoms with Crippen LogP contribution in [0.25, 0.3) is 0 Å². The molecule has 5 heteroatoms. The van der Waals surface area contributed by atoms with Gasteiger partial charge in [-0.1, -0.05) is 12.1 Å². The Labute approximate surface area is 132 Å². The molecule has 1 unspecified atom stereocenters. The van der Waals surface area contributed by atoms with Crippen LogP contribution in [-0.4, -0.2) is 16.6 Å². The lowest BCUT2D eigenvalue weighted by atomic mass is 10.1. The number of benzene rings is 1. The van der Waals surface area contributed by atoms with Gasteiger partial charge in [-0.25, -0.2) is 0 Å². The van der Waals surface area contributed by atoms with Crippen molar-refractivity contribution in [1.82, 2.24) is 5.32 Å². The number of dihydropyridines is 1. The minimum atomic E-state index is -0.256. The molecule has 0 saturated heterocycles. The lowest BCUT2D eigenvalue weighted by molar-refractivity contribution is -0.106. The zero-order valence-electron chi connectivity index (χ0n) is 11.2. The molecule has 0 fully saturated rings. The van der Waals surface area contributed by atoms with Crippen LogP contribution in [0.1, 0.15) is 11.1 Å². The molecule has 0 spiro atoms. The Morgan fingerprint density at radius 3 is 2.85 bits per heavy atom. The third-order valence-corrected chi connectivity index (χ3v) is 3.63. The van der Waals surface area contributed by atoms with Crippen molar-refractivity contribution in [2.24, 2.45) is 5.73 Å². The second kappa shape index (κ2) is 6.90. The zero-order chi connectivity index (χ0) is 14.5. The molecule has 1 heterocycles. The summed E-state index contributed by atoms with van der Waals surface area (Å²) in [6.07, 6.45) is 5.89. The largest absolute Gasteiger partial charge is 0.467 e. The molecule has 0 amide bonds. The lowest BCUT2D eigenvalue weighted by Gasteiger charge is -2.20. The molecule has 1 aromatic rings. The van der Waals surface area contributed by atoms with Gasteiger partial charge in [0.15, 0.2) is 6.23 Å². The van der Waals surface area contributed by atoms with E-state index in [4.69, 9.17) is 10.5 Å². The number of nitrogens with two attached hydrogens (primary N) is 1. The monoisotopic (exact) mass is 384 g/mol. The molecule has 0 radical (unpaired) electrons. The van der Waals surface area contributed by atoms with E-state index in [0.717, 1.165) is 17.7 Å². The summed E-state index contributed by atoms with van der Waals surface area (Å²) in [5.74, 6) is 0.825. The molecular formula is C15H17IN2O2. The highest BCUT2D eigenvalue weighted by Crippen LogP contribution is 2.21. The van der Waals surface area contributed by atoms with Crippen LogP contribution in [0, 0.1) is 6.92 Å². The van der Waals surface area contributed by atoms with Gasteiger partial charge in [-0.15, -0.1) is 0 Å². The van der Waals surface area contributed by atoms with Crippen molar-refractivity contribution >= 4 is 26.4 Å². The van der Waals surface area contributed by atoms with Crippen LogP contribution in [0.2, 0.25) is 0 Å². The Bertz CT molecular complexity index is 567. The second-order valence-corrected chi connectivity index (χ2v) is 5.56. The number of aryl methyl sites for hydroxylation is 1. The smallest absolute Gasteiger partial charge is 0.223 e. The Kier molecular flexibility index (Phi) is 5.19. The molecule has 1 aliphatic rings. The molecule has 0 bridgehead atoms. The van der Waals surface area contributed by atoms with Gasteiger partial charge in [-0.3, -0.25) is 4.79 Å². The molecule has 3 N–H and O–H groups in total. The van der Waals surface area contributed by atoms with Gasteiger partial charge in [0.25, 0.3) is 0 Å². The molecule has 20 heavy (non-hydrogen) atoms. The molecular weight excluding hydrogens is 367 g/mol. The van der Waals surface area contributed by atoms with Gasteiger partial charge >= 0.3 is 0 Å². The Hall–Kier alpha value is -1.34. The number of hydrogen-bond acceptors (Lipinski definition) is 4. The molecule has 0 aromatic heterocycles. The van der Waals surface area contributed by atoms with E-state index in [0.29, 0.717) is 12.1 Å². The molecule has 0 aliphatic carbocycles. The summed E-state index contributed by atoms with van der Waals surface area (Å²) in [5, 5.41) is 3.05. The summed E-state index contributed by atoms with van der Waals surface area (Å²) in [5.41, 5.74) is 8.48. The summed E-state index contributed by atoms with van der Waals surface area (Å²) in [6, 6.07) is 6.07. The quantitative estimate of drug-likeness (QED) is 0.604. The van der Waals surface area contributed by atoms with Crippen LogP contribution in [0.4, 0.5) is 0 Å².